The summed E-state index contributed by atoms with van der Waals surface area (Å²) in [7, 11) is 0. The zero-order valence-corrected chi connectivity index (χ0v) is 21.8. The highest BCUT2D eigenvalue weighted by Crippen LogP contribution is 2.52. The lowest BCUT2D eigenvalue weighted by Crippen LogP contribution is -2.20. The number of rotatable bonds is 3. The molecular weight excluding hydrogens is 406 g/mol. The third-order valence-electron chi connectivity index (χ3n) is 6.30. The predicted octanol–water partition coefficient (Wildman–Crippen LogP) is 8.50. The minimum absolute atomic E-state index is 0.178. The van der Waals surface area contributed by atoms with Crippen molar-refractivity contribution in [3.63, 3.8) is 0 Å². The van der Waals surface area contributed by atoms with Gasteiger partial charge in [0.2, 0.25) is 0 Å². The van der Waals surface area contributed by atoms with Crippen LogP contribution >= 0.6 is 0 Å². The summed E-state index contributed by atoms with van der Waals surface area (Å²) >= 11 is 0. The fourth-order valence-corrected chi connectivity index (χ4v) is 5.13. The molecule has 178 valence electrons. The highest BCUT2D eigenvalue weighted by atomic mass is 19.1. The summed E-state index contributed by atoms with van der Waals surface area (Å²) in [6.45, 7) is 22.5. The molecule has 2 nitrogen and oxygen atoms in total. The largest absolute Gasteiger partial charge is 0.507 e. The standard InChI is InChI=1S/C28H40F2O2/c1-13(2)17-23(29)21(27(7,8)9)15(5)19(25(17)31)20-16(6)22(28(10,11)12)24(30)18(14(3)4)26(20)32/h13-14,31-32H,1-12H3. The molecule has 0 aliphatic rings. The summed E-state index contributed by atoms with van der Waals surface area (Å²) in [5, 5.41) is 22.7. The van der Waals surface area contributed by atoms with Crippen molar-refractivity contribution in [3.05, 3.63) is 45.0 Å². The van der Waals surface area contributed by atoms with Crippen LogP contribution in [0.2, 0.25) is 0 Å². The average Bonchev–Trinajstić information content (AvgIpc) is 2.53. The van der Waals surface area contributed by atoms with Crippen LogP contribution in [0.4, 0.5) is 8.78 Å². The van der Waals surface area contributed by atoms with Crippen LogP contribution in [-0.4, -0.2) is 10.2 Å². The molecule has 0 saturated heterocycles. The van der Waals surface area contributed by atoms with E-state index in [1.165, 1.54) is 0 Å². The number of hydrogen-bond acceptors (Lipinski definition) is 2. The van der Waals surface area contributed by atoms with E-state index in [9.17, 15) is 10.2 Å². The molecule has 0 aliphatic carbocycles. The number of phenolic OH excluding ortho intramolecular Hbond substituents is 2. The molecule has 32 heavy (non-hydrogen) atoms. The van der Waals surface area contributed by atoms with Crippen molar-refractivity contribution in [3.8, 4) is 22.6 Å². The molecule has 2 aromatic rings. The maximum absolute atomic E-state index is 15.7. The minimum atomic E-state index is -0.530. The van der Waals surface area contributed by atoms with Crippen LogP contribution < -0.4 is 0 Å². The van der Waals surface area contributed by atoms with E-state index in [4.69, 9.17) is 0 Å². The Balaban J connectivity index is 3.28. The fourth-order valence-electron chi connectivity index (χ4n) is 5.13. The molecule has 0 atom stereocenters. The maximum atomic E-state index is 15.7. The van der Waals surface area contributed by atoms with E-state index in [1.807, 2.05) is 69.2 Å². The molecule has 2 aromatic carbocycles. The number of phenols is 2. The minimum Gasteiger partial charge on any atom is -0.507 e. The Kier molecular flexibility index (Phi) is 6.83. The second-order valence-corrected chi connectivity index (χ2v) is 11.7. The lowest BCUT2D eigenvalue weighted by atomic mass is 9.74. The number of aromatic hydroxyl groups is 2. The normalized spacial score (nSPS) is 12.9. The third kappa shape index (κ3) is 4.13. The number of benzene rings is 2. The maximum Gasteiger partial charge on any atom is 0.134 e. The van der Waals surface area contributed by atoms with Crippen molar-refractivity contribution in [1.29, 1.82) is 0 Å². The predicted molar refractivity (Wildman–Crippen MR) is 130 cm³/mol. The quantitative estimate of drug-likeness (QED) is 0.496. The first-order chi connectivity index (χ1) is 14.4. The van der Waals surface area contributed by atoms with Crippen LogP contribution in [-0.2, 0) is 10.8 Å². The monoisotopic (exact) mass is 446 g/mol. The van der Waals surface area contributed by atoms with Crippen LogP contribution in [0.3, 0.4) is 0 Å². The van der Waals surface area contributed by atoms with Crippen molar-refractivity contribution in [1.82, 2.24) is 0 Å². The van der Waals surface area contributed by atoms with E-state index in [2.05, 4.69) is 0 Å². The summed E-state index contributed by atoms with van der Waals surface area (Å²) in [4.78, 5) is 0. The van der Waals surface area contributed by atoms with E-state index < -0.39 is 22.5 Å². The molecule has 2 N–H and O–H groups in total. The molecule has 0 saturated carbocycles. The van der Waals surface area contributed by atoms with Crippen LogP contribution in [0.15, 0.2) is 0 Å². The topological polar surface area (TPSA) is 40.5 Å². The molecule has 0 spiro atoms. The molecule has 0 bridgehead atoms. The van der Waals surface area contributed by atoms with Crippen molar-refractivity contribution in [2.75, 3.05) is 0 Å². The van der Waals surface area contributed by atoms with Crippen LogP contribution in [0.5, 0.6) is 11.5 Å². The average molecular weight is 447 g/mol. The van der Waals surface area contributed by atoms with Crippen molar-refractivity contribution < 1.29 is 19.0 Å². The molecule has 0 fully saturated rings. The molecule has 4 heteroatoms. The Hall–Kier alpha value is -2.10. The van der Waals surface area contributed by atoms with Gasteiger partial charge < -0.3 is 10.2 Å². The SMILES string of the molecule is Cc1c(-c2c(C)c(C(C)(C)C)c(F)c(C(C)C)c2O)c(O)c(C(C)C)c(F)c1C(C)(C)C. The molecule has 0 heterocycles. The van der Waals surface area contributed by atoms with E-state index in [0.29, 0.717) is 33.4 Å². The molecule has 0 aromatic heterocycles. The van der Waals surface area contributed by atoms with Gasteiger partial charge in [0.05, 0.1) is 0 Å². The summed E-state index contributed by atoms with van der Waals surface area (Å²) in [5.41, 5.74) is 2.30. The van der Waals surface area contributed by atoms with Crippen LogP contribution in [0, 0.1) is 25.5 Å². The molecule has 0 aliphatic heterocycles. The van der Waals surface area contributed by atoms with Crippen LogP contribution in [0.1, 0.15) is 114 Å². The van der Waals surface area contributed by atoms with Crippen molar-refractivity contribution in [2.45, 2.75) is 106 Å². The van der Waals surface area contributed by atoms with E-state index in [-0.39, 0.29) is 34.5 Å². The first-order valence-corrected chi connectivity index (χ1v) is 11.5. The summed E-state index contributed by atoms with van der Waals surface area (Å²) in [6.07, 6.45) is 0. The van der Waals surface area contributed by atoms with Gasteiger partial charge in [-0.3, -0.25) is 0 Å². The molecule has 0 amide bonds. The first-order valence-electron chi connectivity index (χ1n) is 11.5. The van der Waals surface area contributed by atoms with Gasteiger partial charge in [0.15, 0.2) is 0 Å². The van der Waals surface area contributed by atoms with Gasteiger partial charge in [-0.2, -0.15) is 0 Å². The summed E-state index contributed by atoms with van der Waals surface area (Å²) in [6, 6.07) is 0. The summed E-state index contributed by atoms with van der Waals surface area (Å²) < 4.78 is 31.4. The van der Waals surface area contributed by atoms with Gasteiger partial charge in [-0.25, -0.2) is 8.78 Å². The first kappa shape index (κ1) is 26.2. The fraction of sp³-hybridized carbons (Fsp3) is 0.571. The Bertz CT molecular complexity index is 964. The van der Waals surface area contributed by atoms with Gasteiger partial charge in [-0.15, -0.1) is 0 Å². The van der Waals surface area contributed by atoms with Crippen LogP contribution in [0.25, 0.3) is 11.1 Å². The Morgan fingerprint density at radius 3 is 1.03 bits per heavy atom. The zero-order valence-electron chi connectivity index (χ0n) is 21.8. The number of halogens is 2. The third-order valence-corrected chi connectivity index (χ3v) is 6.30. The number of hydrogen-bond donors (Lipinski definition) is 2. The lowest BCUT2D eigenvalue weighted by Gasteiger charge is -2.31. The Morgan fingerprint density at radius 2 is 0.844 bits per heavy atom. The van der Waals surface area contributed by atoms with Crippen molar-refractivity contribution >= 4 is 0 Å². The molecule has 2 rings (SSSR count). The zero-order chi connectivity index (χ0) is 25.1. The Morgan fingerprint density at radius 1 is 0.594 bits per heavy atom. The molecule has 0 unspecified atom stereocenters. The second-order valence-electron chi connectivity index (χ2n) is 11.7. The van der Waals surface area contributed by atoms with E-state index in [0.717, 1.165) is 0 Å². The van der Waals surface area contributed by atoms with Gasteiger partial charge in [0, 0.05) is 22.3 Å². The van der Waals surface area contributed by atoms with Gasteiger partial charge >= 0.3 is 0 Å². The highest BCUT2D eigenvalue weighted by Gasteiger charge is 2.35. The molecule has 0 radical (unpaired) electrons. The van der Waals surface area contributed by atoms with Crippen molar-refractivity contribution in [2.24, 2.45) is 0 Å². The van der Waals surface area contributed by atoms with E-state index in [1.54, 1.807) is 13.8 Å². The summed E-state index contributed by atoms with van der Waals surface area (Å²) in [5.74, 6) is -1.73. The van der Waals surface area contributed by atoms with Gasteiger partial charge in [-0.1, -0.05) is 69.2 Å². The Labute approximate surface area is 192 Å². The van der Waals surface area contributed by atoms with Gasteiger partial charge in [-0.05, 0) is 58.8 Å². The molecular formula is C28H40F2O2. The van der Waals surface area contributed by atoms with Gasteiger partial charge in [0.1, 0.15) is 23.1 Å². The van der Waals surface area contributed by atoms with E-state index >= 15 is 8.78 Å². The highest BCUT2D eigenvalue weighted by molar-refractivity contribution is 5.85. The lowest BCUT2D eigenvalue weighted by molar-refractivity contribution is 0.435. The van der Waals surface area contributed by atoms with Gasteiger partial charge in [0.25, 0.3) is 0 Å². The second kappa shape index (κ2) is 8.35. The smallest absolute Gasteiger partial charge is 0.134 e.